The number of carbonyl (C=O) groups is 2. The van der Waals surface area contributed by atoms with Crippen molar-refractivity contribution in [2.24, 2.45) is 0 Å². The maximum atomic E-state index is 12.1. The monoisotopic (exact) mass is 307 g/mol. The van der Waals surface area contributed by atoms with Crippen LogP contribution < -0.4 is 0 Å². The average molecular weight is 307 g/mol. The molecule has 112 valence electrons. The van der Waals surface area contributed by atoms with Crippen LogP contribution >= 0.6 is 11.3 Å². The highest BCUT2D eigenvalue weighted by Crippen LogP contribution is 2.25. The fourth-order valence-electron chi connectivity index (χ4n) is 2.39. The molecule has 0 atom stereocenters. The van der Waals surface area contributed by atoms with E-state index in [0.717, 1.165) is 4.88 Å². The number of carbonyl (C=O) groups excluding carboxylic acids is 1. The average Bonchev–Trinajstić information content (AvgIpc) is 3.00. The lowest BCUT2D eigenvalue weighted by atomic mass is 10.1. The van der Waals surface area contributed by atoms with Crippen LogP contribution in [-0.4, -0.2) is 28.2 Å². The first kappa shape index (κ1) is 15.3. The van der Waals surface area contributed by atoms with Gasteiger partial charge in [0.2, 0.25) is 0 Å². The smallest absolute Gasteiger partial charge is 0.340 e. The number of aromatic carboxylic acids is 1. The van der Waals surface area contributed by atoms with Crippen LogP contribution in [0.2, 0.25) is 0 Å². The van der Waals surface area contributed by atoms with Gasteiger partial charge in [-0.1, -0.05) is 6.07 Å². The fourth-order valence-corrected chi connectivity index (χ4v) is 3.09. The summed E-state index contributed by atoms with van der Waals surface area (Å²) in [6.45, 7) is 5.93. The molecule has 0 radical (unpaired) electrons. The van der Waals surface area contributed by atoms with Crippen LogP contribution in [-0.2, 0) is 11.3 Å². The van der Waals surface area contributed by atoms with Gasteiger partial charge in [0.1, 0.15) is 0 Å². The molecule has 0 unspecified atom stereocenters. The van der Waals surface area contributed by atoms with Crippen molar-refractivity contribution in [2.45, 2.75) is 27.3 Å². The third-order valence-corrected chi connectivity index (χ3v) is 4.23. The molecule has 5 nitrogen and oxygen atoms in total. The number of rotatable bonds is 5. The minimum Gasteiger partial charge on any atom is -0.478 e. The molecule has 0 aliphatic heterocycles. The van der Waals surface area contributed by atoms with E-state index in [9.17, 15) is 14.7 Å². The quantitative estimate of drug-likeness (QED) is 0.862. The molecule has 0 amide bonds. The zero-order valence-corrected chi connectivity index (χ0v) is 13.0. The summed E-state index contributed by atoms with van der Waals surface area (Å²) in [5.74, 6) is -1.69. The number of hydrogen-bond donors (Lipinski definition) is 1. The van der Waals surface area contributed by atoms with E-state index in [0.29, 0.717) is 17.9 Å². The number of aromatic nitrogens is 1. The normalized spacial score (nSPS) is 10.6. The minimum atomic E-state index is -1.11. The van der Waals surface area contributed by atoms with E-state index >= 15 is 0 Å². The lowest BCUT2D eigenvalue weighted by Gasteiger charge is -2.08. The Morgan fingerprint density at radius 3 is 2.48 bits per heavy atom. The molecule has 0 aliphatic rings. The fraction of sp³-hybridized carbons (Fsp3) is 0.333. The van der Waals surface area contributed by atoms with Crippen molar-refractivity contribution < 1.29 is 19.4 Å². The zero-order chi connectivity index (χ0) is 15.6. The van der Waals surface area contributed by atoms with Gasteiger partial charge >= 0.3 is 11.9 Å². The van der Waals surface area contributed by atoms with Crippen LogP contribution in [0.1, 0.15) is 43.9 Å². The van der Waals surface area contributed by atoms with Crippen LogP contribution in [0.4, 0.5) is 0 Å². The van der Waals surface area contributed by atoms with Gasteiger partial charge < -0.3 is 14.4 Å². The van der Waals surface area contributed by atoms with Crippen molar-refractivity contribution in [2.75, 3.05) is 6.61 Å². The van der Waals surface area contributed by atoms with E-state index in [1.807, 2.05) is 22.1 Å². The lowest BCUT2D eigenvalue weighted by molar-refractivity contribution is 0.0514. The van der Waals surface area contributed by atoms with Gasteiger partial charge in [0.05, 0.1) is 24.3 Å². The number of carboxylic acid groups (broad SMARTS) is 1. The predicted molar refractivity (Wildman–Crippen MR) is 80.2 cm³/mol. The van der Waals surface area contributed by atoms with Crippen molar-refractivity contribution >= 4 is 23.3 Å². The van der Waals surface area contributed by atoms with Gasteiger partial charge in [0, 0.05) is 16.3 Å². The molecular formula is C15H17NO4S. The summed E-state index contributed by atoms with van der Waals surface area (Å²) in [6.07, 6.45) is 0. The van der Waals surface area contributed by atoms with Crippen LogP contribution in [0.15, 0.2) is 17.5 Å². The Balaban J connectivity index is 2.54. The summed E-state index contributed by atoms with van der Waals surface area (Å²) in [6, 6.07) is 3.92. The van der Waals surface area contributed by atoms with E-state index in [2.05, 4.69) is 0 Å². The molecule has 0 saturated heterocycles. The molecule has 2 heterocycles. The Hall–Kier alpha value is -2.08. The molecule has 1 N–H and O–H groups in total. The van der Waals surface area contributed by atoms with Gasteiger partial charge in [-0.2, -0.15) is 0 Å². The molecule has 0 spiro atoms. The Kier molecular flexibility index (Phi) is 4.47. The molecule has 0 saturated carbocycles. The highest BCUT2D eigenvalue weighted by molar-refractivity contribution is 7.09. The summed E-state index contributed by atoms with van der Waals surface area (Å²) < 4.78 is 6.84. The molecule has 0 aromatic carbocycles. The van der Waals surface area contributed by atoms with Gasteiger partial charge in [-0.15, -0.1) is 11.3 Å². The summed E-state index contributed by atoms with van der Waals surface area (Å²) in [5.41, 5.74) is 1.37. The Labute approximate surface area is 126 Å². The third kappa shape index (κ3) is 2.85. The number of nitrogens with zero attached hydrogens (tertiary/aromatic N) is 1. The number of hydrogen-bond acceptors (Lipinski definition) is 4. The molecule has 21 heavy (non-hydrogen) atoms. The Bertz CT molecular complexity index is 670. The van der Waals surface area contributed by atoms with Crippen molar-refractivity contribution in [3.63, 3.8) is 0 Å². The van der Waals surface area contributed by atoms with Gasteiger partial charge in [0.25, 0.3) is 0 Å². The summed E-state index contributed by atoms with van der Waals surface area (Å²) in [7, 11) is 0. The van der Waals surface area contributed by atoms with Crippen molar-refractivity contribution in [1.29, 1.82) is 0 Å². The molecule has 0 aliphatic carbocycles. The highest BCUT2D eigenvalue weighted by Gasteiger charge is 2.28. The predicted octanol–water partition coefficient (Wildman–Crippen LogP) is 3.09. The SMILES string of the molecule is CCOC(=O)c1c(C(=O)O)c(C)n(Cc2cccs2)c1C. The lowest BCUT2D eigenvalue weighted by Crippen LogP contribution is -2.11. The van der Waals surface area contributed by atoms with Gasteiger partial charge in [0.15, 0.2) is 0 Å². The van der Waals surface area contributed by atoms with Crippen LogP contribution in [0, 0.1) is 13.8 Å². The van der Waals surface area contributed by atoms with E-state index < -0.39 is 11.9 Å². The molecule has 2 rings (SSSR count). The molecular weight excluding hydrogens is 290 g/mol. The third-order valence-electron chi connectivity index (χ3n) is 3.37. The number of esters is 1. The second-order valence-electron chi connectivity index (χ2n) is 4.61. The van der Waals surface area contributed by atoms with Crippen LogP contribution in [0.5, 0.6) is 0 Å². The first-order valence-electron chi connectivity index (χ1n) is 6.59. The van der Waals surface area contributed by atoms with E-state index in [-0.39, 0.29) is 17.7 Å². The molecule has 2 aromatic heterocycles. The number of ether oxygens (including phenoxy) is 1. The zero-order valence-electron chi connectivity index (χ0n) is 12.2. The topological polar surface area (TPSA) is 68.5 Å². The summed E-state index contributed by atoms with van der Waals surface area (Å²) in [5, 5.41) is 11.4. The number of thiophene rings is 1. The van der Waals surface area contributed by atoms with Crippen molar-refractivity contribution in [3.8, 4) is 0 Å². The summed E-state index contributed by atoms with van der Waals surface area (Å²) >= 11 is 1.59. The standard InChI is InChI=1S/C15H17NO4S/c1-4-20-15(19)13-10(3)16(8-11-6-5-7-21-11)9(2)12(13)14(17)18/h5-7H,4,8H2,1-3H3,(H,17,18). The van der Waals surface area contributed by atoms with Crippen LogP contribution in [0.25, 0.3) is 0 Å². The first-order chi connectivity index (χ1) is 9.97. The van der Waals surface area contributed by atoms with Gasteiger partial charge in [-0.3, -0.25) is 0 Å². The van der Waals surface area contributed by atoms with Crippen molar-refractivity contribution in [3.05, 3.63) is 44.9 Å². The molecule has 6 heteroatoms. The second-order valence-corrected chi connectivity index (χ2v) is 5.64. The number of carboxylic acids is 1. The molecule has 2 aromatic rings. The van der Waals surface area contributed by atoms with Gasteiger partial charge in [-0.25, -0.2) is 9.59 Å². The van der Waals surface area contributed by atoms with E-state index in [1.54, 1.807) is 32.1 Å². The first-order valence-corrected chi connectivity index (χ1v) is 7.47. The van der Waals surface area contributed by atoms with E-state index in [1.165, 1.54) is 0 Å². The Morgan fingerprint density at radius 1 is 1.29 bits per heavy atom. The maximum Gasteiger partial charge on any atom is 0.340 e. The van der Waals surface area contributed by atoms with Gasteiger partial charge in [-0.05, 0) is 32.2 Å². The summed E-state index contributed by atoms with van der Waals surface area (Å²) in [4.78, 5) is 24.7. The second kappa shape index (κ2) is 6.13. The largest absolute Gasteiger partial charge is 0.478 e. The van der Waals surface area contributed by atoms with Crippen LogP contribution in [0.3, 0.4) is 0 Å². The molecule has 0 fully saturated rings. The molecule has 0 bridgehead atoms. The van der Waals surface area contributed by atoms with E-state index in [4.69, 9.17) is 4.74 Å². The maximum absolute atomic E-state index is 12.1. The van der Waals surface area contributed by atoms with Crippen molar-refractivity contribution in [1.82, 2.24) is 4.57 Å². The Morgan fingerprint density at radius 2 is 1.95 bits per heavy atom. The highest BCUT2D eigenvalue weighted by atomic mass is 32.1. The minimum absolute atomic E-state index is 0.0301.